The zero-order valence-corrected chi connectivity index (χ0v) is 11.0. The maximum atomic E-state index is 10.5. The smallest absolute Gasteiger partial charge is 0.352 e. The number of carbonyl (C=O) groups is 1. The van der Waals surface area contributed by atoms with E-state index in [4.69, 9.17) is 5.11 Å². The van der Waals surface area contributed by atoms with Crippen LogP contribution in [0.15, 0.2) is 30.3 Å². The van der Waals surface area contributed by atoms with Crippen LogP contribution in [-0.4, -0.2) is 29.1 Å². The number of benzene rings is 1. The van der Waals surface area contributed by atoms with Gasteiger partial charge >= 0.3 is 5.97 Å². The van der Waals surface area contributed by atoms with Gasteiger partial charge in [-0.05, 0) is 38.1 Å². The molecule has 0 atom stereocenters. The van der Waals surface area contributed by atoms with Crippen LogP contribution in [0.5, 0.6) is 0 Å². The molecule has 0 bridgehead atoms. The Kier molecular flexibility index (Phi) is 4.98. The third-order valence-corrected chi connectivity index (χ3v) is 3.22. The Hall–Kier alpha value is -1.81. The molecule has 102 valence electrons. The molecule has 2 heterocycles. The van der Waals surface area contributed by atoms with Crippen molar-refractivity contribution in [1.82, 2.24) is 10.3 Å². The highest BCUT2D eigenvalue weighted by molar-refractivity contribution is 5.93. The molecule has 1 aliphatic heterocycles. The molecule has 0 unspecified atom stereocenters. The van der Waals surface area contributed by atoms with E-state index in [0.717, 1.165) is 10.9 Å². The van der Waals surface area contributed by atoms with Crippen molar-refractivity contribution in [3.05, 3.63) is 36.0 Å². The van der Waals surface area contributed by atoms with Crippen LogP contribution in [-0.2, 0) is 0 Å². The molecule has 0 spiro atoms. The van der Waals surface area contributed by atoms with Gasteiger partial charge in [-0.1, -0.05) is 31.0 Å². The van der Waals surface area contributed by atoms with Crippen LogP contribution < -0.4 is 5.32 Å². The molecular formula is C15H20N2O2. The molecule has 1 saturated heterocycles. The highest BCUT2D eigenvalue weighted by Gasteiger charge is 2.05. The van der Waals surface area contributed by atoms with Crippen LogP contribution in [0.2, 0.25) is 0 Å². The molecule has 1 aromatic carbocycles. The van der Waals surface area contributed by atoms with E-state index in [9.17, 15) is 4.79 Å². The quantitative estimate of drug-likeness (QED) is 0.738. The van der Waals surface area contributed by atoms with Crippen molar-refractivity contribution in [2.45, 2.75) is 25.7 Å². The zero-order valence-electron chi connectivity index (χ0n) is 11.0. The van der Waals surface area contributed by atoms with Gasteiger partial charge in [-0.2, -0.15) is 0 Å². The van der Waals surface area contributed by atoms with Crippen LogP contribution >= 0.6 is 0 Å². The third kappa shape index (κ3) is 4.10. The largest absolute Gasteiger partial charge is 0.477 e. The predicted molar refractivity (Wildman–Crippen MR) is 76.6 cm³/mol. The minimum Gasteiger partial charge on any atom is -0.477 e. The fourth-order valence-corrected chi connectivity index (χ4v) is 2.17. The Morgan fingerprint density at radius 1 is 1.05 bits per heavy atom. The first-order valence-corrected chi connectivity index (χ1v) is 6.79. The Labute approximate surface area is 112 Å². The summed E-state index contributed by atoms with van der Waals surface area (Å²) in [6, 6.07) is 9.09. The monoisotopic (exact) mass is 260 g/mol. The predicted octanol–water partition coefficient (Wildman–Crippen LogP) is 3.02. The highest BCUT2D eigenvalue weighted by atomic mass is 16.4. The molecule has 0 radical (unpaired) electrons. The second kappa shape index (κ2) is 6.95. The Bertz CT molecular complexity index is 481. The third-order valence-electron chi connectivity index (χ3n) is 3.22. The van der Waals surface area contributed by atoms with E-state index in [1.807, 2.05) is 24.3 Å². The van der Waals surface area contributed by atoms with E-state index >= 15 is 0 Å². The van der Waals surface area contributed by atoms with Crippen molar-refractivity contribution in [3.63, 3.8) is 0 Å². The summed E-state index contributed by atoms with van der Waals surface area (Å²) in [7, 11) is 0. The number of aromatic nitrogens is 1. The summed E-state index contributed by atoms with van der Waals surface area (Å²) in [6.45, 7) is 2.50. The summed E-state index contributed by atoms with van der Waals surface area (Å²) in [5.41, 5.74) is 1.09. The molecule has 1 aliphatic rings. The lowest BCUT2D eigenvalue weighted by molar-refractivity contribution is 0.0691. The molecule has 19 heavy (non-hydrogen) atoms. The lowest BCUT2D eigenvalue weighted by atomic mass is 10.2. The topological polar surface area (TPSA) is 65.1 Å². The van der Waals surface area contributed by atoms with Crippen molar-refractivity contribution in [2.75, 3.05) is 13.1 Å². The Morgan fingerprint density at radius 3 is 2.37 bits per heavy atom. The molecule has 1 fully saturated rings. The summed E-state index contributed by atoms with van der Waals surface area (Å²) in [5.74, 6) is -0.925. The molecule has 2 aromatic rings. The van der Waals surface area contributed by atoms with Crippen molar-refractivity contribution < 1.29 is 9.90 Å². The van der Waals surface area contributed by atoms with Crippen LogP contribution in [0, 0.1) is 0 Å². The van der Waals surface area contributed by atoms with Crippen molar-refractivity contribution in [1.29, 1.82) is 0 Å². The standard InChI is InChI=1S/C9H7NO2.C6H13N/c11-9(12)8-5-6-3-1-2-4-7(6)10-8;1-2-4-6-7-5-3-1/h1-5,10H,(H,11,12);7H,1-6H2. The first-order valence-electron chi connectivity index (χ1n) is 6.79. The molecule has 1 aromatic heterocycles. The number of fused-ring (bicyclic) bond motifs is 1. The van der Waals surface area contributed by atoms with Crippen LogP contribution in [0.4, 0.5) is 0 Å². The minimum absolute atomic E-state index is 0.233. The van der Waals surface area contributed by atoms with Gasteiger partial charge in [0, 0.05) is 10.9 Å². The molecule has 0 amide bonds. The van der Waals surface area contributed by atoms with E-state index in [-0.39, 0.29) is 5.69 Å². The van der Waals surface area contributed by atoms with Crippen LogP contribution in [0.1, 0.15) is 36.2 Å². The van der Waals surface area contributed by atoms with Gasteiger partial charge in [0.2, 0.25) is 0 Å². The van der Waals surface area contributed by atoms with Gasteiger partial charge in [0.05, 0.1) is 0 Å². The molecule has 3 rings (SSSR count). The van der Waals surface area contributed by atoms with E-state index in [2.05, 4.69) is 10.3 Å². The van der Waals surface area contributed by atoms with Gasteiger partial charge in [0.1, 0.15) is 5.69 Å². The van der Waals surface area contributed by atoms with Gasteiger partial charge in [-0.15, -0.1) is 0 Å². The highest BCUT2D eigenvalue weighted by Crippen LogP contribution is 2.14. The SMILES string of the molecule is C1CCCNCC1.O=C(O)c1cc2ccccc2[nH]1. The number of aromatic carboxylic acids is 1. The first-order chi connectivity index (χ1) is 9.27. The maximum Gasteiger partial charge on any atom is 0.352 e. The van der Waals surface area contributed by atoms with Gasteiger partial charge in [0.15, 0.2) is 0 Å². The number of para-hydroxylation sites is 1. The van der Waals surface area contributed by atoms with E-state index in [0.29, 0.717) is 0 Å². The summed E-state index contributed by atoms with van der Waals surface area (Å²) in [6.07, 6.45) is 5.65. The molecule has 0 aliphatic carbocycles. The Morgan fingerprint density at radius 2 is 1.74 bits per heavy atom. The van der Waals surface area contributed by atoms with Crippen molar-refractivity contribution >= 4 is 16.9 Å². The van der Waals surface area contributed by atoms with E-state index < -0.39 is 5.97 Å². The fourth-order valence-electron chi connectivity index (χ4n) is 2.17. The maximum absolute atomic E-state index is 10.5. The molecule has 3 N–H and O–H groups in total. The number of hydrogen-bond donors (Lipinski definition) is 3. The van der Waals surface area contributed by atoms with Gasteiger partial charge < -0.3 is 15.4 Å². The van der Waals surface area contributed by atoms with Gasteiger partial charge in [0.25, 0.3) is 0 Å². The second-order valence-corrected chi connectivity index (χ2v) is 4.74. The summed E-state index contributed by atoms with van der Waals surface area (Å²) >= 11 is 0. The number of carboxylic acid groups (broad SMARTS) is 1. The number of hydrogen-bond acceptors (Lipinski definition) is 2. The van der Waals surface area contributed by atoms with Crippen molar-refractivity contribution in [3.8, 4) is 0 Å². The summed E-state index contributed by atoms with van der Waals surface area (Å²) in [4.78, 5) is 13.3. The summed E-state index contributed by atoms with van der Waals surface area (Å²) in [5, 5.41) is 12.9. The number of H-pyrrole nitrogens is 1. The van der Waals surface area contributed by atoms with Crippen molar-refractivity contribution in [2.24, 2.45) is 0 Å². The van der Waals surface area contributed by atoms with Crippen LogP contribution in [0.25, 0.3) is 10.9 Å². The lowest BCUT2D eigenvalue weighted by Crippen LogP contribution is -2.12. The normalized spacial score (nSPS) is 15.4. The van der Waals surface area contributed by atoms with E-state index in [1.165, 1.54) is 38.8 Å². The van der Waals surface area contributed by atoms with Gasteiger partial charge in [-0.25, -0.2) is 4.79 Å². The number of rotatable bonds is 1. The zero-order chi connectivity index (χ0) is 13.5. The van der Waals surface area contributed by atoms with E-state index in [1.54, 1.807) is 6.07 Å². The fraction of sp³-hybridized carbons (Fsp3) is 0.400. The molecule has 4 heteroatoms. The molecule has 4 nitrogen and oxygen atoms in total. The number of nitrogens with one attached hydrogen (secondary N) is 2. The molecular weight excluding hydrogens is 240 g/mol. The van der Waals surface area contributed by atoms with Crippen LogP contribution in [0.3, 0.4) is 0 Å². The summed E-state index contributed by atoms with van der Waals surface area (Å²) < 4.78 is 0. The average molecular weight is 260 g/mol. The average Bonchev–Trinajstić information content (AvgIpc) is 2.63. The number of carboxylic acids is 1. The molecule has 0 saturated carbocycles. The number of aromatic amines is 1. The Balaban J connectivity index is 0.000000163. The lowest BCUT2D eigenvalue weighted by Gasteiger charge is -1.91. The first kappa shape index (κ1) is 13.6. The second-order valence-electron chi connectivity index (χ2n) is 4.74. The minimum atomic E-state index is -0.925. The van der Waals surface area contributed by atoms with Gasteiger partial charge in [-0.3, -0.25) is 0 Å².